The predicted octanol–water partition coefficient (Wildman–Crippen LogP) is 3.15. The van der Waals surface area contributed by atoms with E-state index in [2.05, 4.69) is 15.5 Å². The second-order valence-corrected chi connectivity index (χ2v) is 5.42. The Balaban J connectivity index is 1.79. The number of nitrogens with one attached hydrogen (secondary N) is 2. The van der Waals surface area contributed by atoms with Crippen molar-refractivity contribution in [1.29, 1.82) is 0 Å². The Morgan fingerprint density at radius 1 is 1.25 bits per heavy atom. The molecule has 0 bridgehead atoms. The van der Waals surface area contributed by atoms with E-state index >= 15 is 0 Å². The van der Waals surface area contributed by atoms with Crippen LogP contribution in [0, 0.1) is 5.82 Å². The molecule has 0 saturated heterocycles. The maximum atomic E-state index is 13.3. The summed E-state index contributed by atoms with van der Waals surface area (Å²) in [5, 5.41) is 10.4. The number of fused-ring (bicyclic) bond motifs is 1. The Kier molecular flexibility index (Phi) is 3.67. The van der Waals surface area contributed by atoms with Crippen molar-refractivity contribution in [3.63, 3.8) is 0 Å². The number of hydrogen-bond donors (Lipinski definition) is 2. The van der Waals surface area contributed by atoms with E-state index < -0.39 is 0 Å². The number of carbonyl (C=O) groups is 1. The number of aromatic amines is 1. The van der Waals surface area contributed by atoms with Crippen LogP contribution < -0.4 is 5.32 Å². The molecule has 20 heavy (non-hydrogen) atoms. The van der Waals surface area contributed by atoms with Crippen molar-refractivity contribution in [2.45, 2.75) is 44.6 Å². The van der Waals surface area contributed by atoms with Crippen LogP contribution in [0.1, 0.15) is 49.0 Å². The van der Waals surface area contributed by atoms with Gasteiger partial charge in [0.05, 0.1) is 5.52 Å². The predicted molar refractivity (Wildman–Crippen MR) is 75.0 cm³/mol. The van der Waals surface area contributed by atoms with E-state index in [0.717, 1.165) is 25.7 Å². The van der Waals surface area contributed by atoms with Crippen LogP contribution in [0.3, 0.4) is 0 Å². The van der Waals surface area contributed by atoms with Gasteiger partial charge in [0.1, 0.15) is 5.82 Å². The highest BCUT2D eigenvalue weighted by Crippen LogP contribution is 2.20. The molecule has 1 aliphatic rings. The van der Waals surface area contributed by atoms with E-state index in [1.807, 2.05) is 0 Å². The molecule has 3 rings (SSSR count). The van der Waals surface area contributed by atoms with Crippen LogP contribution in [-0.2, 0) is 0 Å². The second kappa shape index (κ2) is 5.61. The zero-order chi connectivity index (χ0) is 13.9. The van der Waals surface area contributed by atoms with Crippen LogP contribution in [0.15, 0.2) is 18.2 Å². The SMILES string of the molecule is O=C(NC1CCCCCC1)c1n[nH]c2ccc(F)cc12. The van der Waals surface area contributed by atoms with Gasteiger partial charge < -0.3 is 5.32 Å². The molecule has 2 N–H and O–H groups in total. The highest BCUT2D eigenvalue weighted by Gasteiger charge is 2.19. The number of amides is 1. The molecular formula is C15H18FN3O. The molecule has 1 aromatic carbocycles. The maximum Gasteiger partial charge on any atom is 0.272 e. The van der Waals surface area contributed by atoms with Gasteiger partial charge in [0.25, 0.3) is 5.91 Å². The van der Waals surface area contributed by atoms with Crippen molar-refractivity contribution in [3.05, 3.63) is 29.7 Å². The summed E-state index contributed by atoms with van der Waals surface area (Å²) in [7, 11) is 0. The summed E-state index contributed by atoms with van der Waals surface area (Å²) >= 11 is 0. The van der Waals surface area contributed by atoms with E-state index in [-0.39, 0.29) is 23.5 Å². The normalized spacial score (nSPS) is 17.1. The van der Waals surface area contributed by atoms with Crippen molar-refractivity contribution in [3.8, 4) is 0 Å². The fraction of sp³-hybridized carbons (Fsp3) is 0.467. The lowest BCUT2D eigenvalue weighted by atomic mass is 10.1. The highest BCUT2D eigenvalue weighted by molar-refractivity contribution is 6.04. The summed E-state index contributed by atoms with van der Waals surface area (Å²) in [6.45, 7) is 0. The third kappa shape index (κ3) is 2.66. The minimum Gasteiger partial charge on any atom is -0.348 e. The molecule has 0 spiro atoms. The summed E-state index contributed by atoms with van der Waals surface area (Å²) in [4.78, 5) is 12.3. The molecule has 5 heteroatoms. The summed E-state index contributed by atoms with van der Waals surface area (Å²) in [5.74, 6) is -0.573. The lowest BCUT2D eigenvalue weighted by Gasteiger charge is -2.15. The van der Waals surface area contributed by atoms with Crippen molar-refractivity contribution in [1.82, 2.24) is 15.5 Å². The quantitative estimate of drug-likeness (QED) is 0.827. The van der Waals surface area contributed by atoms with Crippen molar-refractivity contribution < 1.29 is 9.18 Å². The summed E-state index contributed by atoms with van der Waals surface area (Å²) < 4.78 is 13.3. The number of carbonyl (C=O) groups excluding carboxylic acids is 1. The van der Waals surface area contributed by atoms with E-state index in [4.69, 9.17) is 0 Å². The Labute approximate surface area is 116 Å². The first-order valence-corrected chi connectivity index (χ1v) is 7.18. The standard InChI is InChI=1S/C15H18FN3O/c16-10-7-8-13-12(9-10)14(19-18-13)15(20)17-11-5-3-1-2-4-6-11/h7-9,11H,1-6H2,(H,17,20)(H,18,19). The monoisotopic (exact) mass is 275 g/mol. The molecule has 0 radical (unpaired) electrons. The molecule has 1 amide bonds. The second-order valence-electron chi connectivity index (χ2n) is 5.42. The number of aromatic nitrogens is 2. The van der Waals surface area contributed by atoms with Gasteiger partial charge in [-0.2, -0.15) is 5.10 Å². The van der Waals surface area contributed by atoms with Crippen LogP contribution in [0.4, 0.5) is 4.39 Å². The number of hydrogen-bond acceptors (Lipinski definition) is 2. The molecule has 0 unspecified atom stereocenters. The number of H-pyrrole nitrogens is 1. The third-order valence-corrected chi connectivity index (χ3v) is 3.93. The number of benzene rings is 1. The van der Waals surface area contributed by atoms with E-state index in [1.54, 1.807) is 6.07 Å². The Morgan fingerprint density at radius 3 is 2.75 bits per heavy atom. The molecule has 106 valence electrons. The zero-order valence-corrected chi connectivity index (χ0v) is 11.3. The average Bonchev–Trinajstić information content (AvgIpc) is 2.67. The fourth-order valence-electron chi connectivity index (χ4n) is 2.84. The van der Waals surface area contributed by atoms with Gasteiger partial charge in [-0.05, 0) is 31.0 Å². The minimum atomic E-state index is -0.359. The molecule has 0 atom stereocenters. The molecule has 1 heterocycles. The van der Waals surface area contributed by atoms with Crippen LogP contribution in [0.25, 0.3) is 10.9 Å². The Bertz CT molecular complexity index is 615. The van der Waals surface area contributed by atoms with Gasteiger partial charge in [0.15, 0.2) is 5.69 Å². The summed E-state index contributed by atoms with van der Waals surface area (Å²) in [5.41, 5.74) is 0.959. The van der Waals surface area contributed by atoms with Gasteiger partial charge in [0.2, 0.25) is 0 Å². The van der Waals surface area contributed by atoms with Crippen molar-refractivity contribution in [2.24, 2.45) is 0 Å². The van der Waals surface area contributed by atoms with Gasteiger partial charge in [0, 0.05) is 11.4 Å². The lowest BCUT2D eigenvalue weighted by molar-refractivity contribution is 0.0930. The topological polar surface area (TPSA) is 57.8 Å². The van der Waals surface area contributed by atoms with Crippen LogP contribution >= 0.6 is 0 Å². The zero-order valence-electron chi connectivity index (χ0n) is 11.3. The first-order chi connectivity index (χ1) is 9.74. The first-order valence-electron chi connectivity index (χ1n) is 7.18. The fourth-order valence-corrected chi connectivity index (χ4v) is 2.84. The average molecular weight is 275 g/mol. The van der Waals surface area contributed by atoms with Crippen LogP contribution in [0.5, 0.6) is 0 Å². The molecule has 2 aromatic rings. The van der Waals surface area contributed by atoms with Crippen molar-refractivity contribution >= 4 is 16.8 Å². The van der Waals surface area contributed by atoms with E-state index in [1.165, 1.54) is 25.0 Å². The highest BCUT2D eigenvalue weighted by atomic mass is 19.1. The Hall–Kier alpha value is -1.91. The lowest BCUT2D eigenvalue weighted by Crippen LogP contribution is -2.34. The van der Waals surface area contributed by atoms with Gasteiger partial charge in [-0.25, -0.2) is 4.39 Å². The number of nitrogens with zero attached hydrogens (tertiary/aromatic N) is 1. The van der Waals surface area contributed by atoms with Crippen LogP contribution in [-0.4, -0.2) is 22.1 Å². The minimum absolute atomic E-state index is 0.213. The number of rotatable bonds is 2. The van der Waals surface area contributed by atoms with E-state index in [9.17, 15) is 9.18 Å². The molecule has 4 nitrogen and oxygen atoms in total. The largest absolute Gasteiger partial charge is 0.348 e. The molecule has 1 aliphatic carbocycles. The van der Waals surface area contributed by atoms with E-state index in [0.29, 0.717) is 10.9 Å². The van der Waals surface area contributed by atoms with Gasteiger partial charge in [-0.1, -0.05) is 25.7 Å². The smallest absolute Gasteiger partial charge is 0.272 e. The summed E-state index contributed by atoms with van der Waals surface area (Å²) in [6, 6.07) is 4.51. The van der Waals surface area contributed by atoms with Gasteiger partial charge >= 0.3 is 0 Å². The van der Waals surface area contributed by atoms with Gasteiger partial charge in [-0.3, -0.25) is 9.89 Å². The van der Waals surface area contributed by atoms with Crippen molar-refractivity contribution in [2.75, 3.05) is 0 Å². The third-order valence-electron chi connectivity index (χ3n) is 3.93. The Morgan fingerprint density at radius 2 is 2.00 bits per heavy atom. The molecule has 1 fully saturated rings. The van der Waals surface area contributed by atoms with Crippen LogP contribution in [0.2, 0.25) is 0 Å². The summed E-state index contributed by atoms with van der Waals surface area (Å²) in [6.07, 6.45) is 6.82. The molecule has 1 aromatic heterocycles. The maximum absolute atomic E-state index is 13.3. The molecule has 0 aliphatic heterocycles. The van der Waals surface area contributed by atoms with Gasteiger partial charge in [-0.15, -0.1) is 0 Å². The molecular weight excluding hydrogens is 257 g/mol. The first kappa shape index (κ1) is 13.1. The molecule has 1 saturated carbocycles. The number of halogens is 1.